The number of halogens is 5. The maximum Gasteiger partial charge on any atom is 0.523 e. The Morgan fingerprint density at radius 2 is 1.61 bits per heavy atom. The van der Waals surface area contributed by atoms with Gasteiger partial charge in [-0.15, -0.1) is 13.2 Å². The van der Waals surface area contributed by atoms with Crippen molar-refractivity contribution in [1.82, 2.24) is 0 Å². The van der Waals surface area contributed by atoms with Crippen molar-refractivity contribution in [2.75, 3.05) is 0 Å². The average molecular weight is 471 g/mol. The summed E-state index contributed by atoms with van der Waals surface area (Å²) in [4.78, 5) is 0. The molecule has 1 nitrogen and oxygen atoms in total. The summed E-state index contributed by atoms with van der Waals surface area (Å²) in [6, 6.07) is 8.28. The van der Waals surface area contributed by atoms with Gasteiger partial charge in [0.15, 0.2) is 6.17 Å². The molecule has 33 heavy (non-hydrogen) atoms. The minimum absolute atomic E-state index is 0.0357. The summed E-state index contributed by atoms with van der Waals surface area (Å²) in [5.74, 6) is 0.364. The van der Waals surface area contributed by atoms with Gasteiger partial charge in [0, 0.05) is 5.57 Å². The standard InChI is InChI=1S/C27H35F5O/c1-19(2)7-6-8-20-11-13-21(14-12-20)15-17-26(33-27(30,31)32)18-16-23(24(28)25(26)29)22-9-4-3-5-10-22/h3-5,9-10,16,18-21,25H,6-8,11-15,17H2,1-2H3. The van der Waals surface area contributed by atoms with Gasteiger partial charge in [0.2, 0.25) is 0 Å². The van der Waals surface area contributed by atoms with E-state index in [4.69, 9.17) is 0 Å². The van der Waals surface area contributed by atoms with Crippen LogP contribution in [0.15, 0.2) is 48.3 Å². The van der Waals surface area contributed by atoms with Gasteiger partial charge in [0.25, 0.3) is 0 Å². The Morgan fingerprint density at radius 1 is 1.00 bits per heavy atom. The Balaban J connectivity index is 1.64. The summed E-state index contributed by atoms with van der Waals surface area (Å²) < 4.78 is 74.3. The third-order valence-corrected chi connectivity index (χ3v) is 7.13. The molecule has 184 valence electrons. The van der Waals surface area contributed by atoms with Crippen LogP contribution in [0.2, 0.25) is 0 Å². The molecule has 2 atom stereocenters. The molecule has 2 aliphatic carbocycles. The van der Waals surface area contributed by atoms with E-state index in [-0.39, 0.29) is 17.9 Å². The molecule has 0 aromatic heterocycles. The molecule has 2 aliphatic rings. The molecular formula is C27H35F5O. The van der Waals surface area contributed by atoms with Crippen molar-refractivity contribution in [3.8, 4) is 0 Å². The monoisotopic (exact) mass is 470 g/mol. The van der Waals surface area contributed by atoms with E-state index >= 15 is 4.39 Å². The zero-order valence-electron chi connectivity index (χ0n) is 19.5. The SMILES string of the molecule is CC(C)CCCC1CCC(CCC2(OC(F)(F)F)C=CC(c3ccccc3)=C(F)C2F)CC1. The highest BCUT2D eigenvalue weighted by Gasteiger charge is 2.51. The van der Waals surface area contributed by atoms with Gasteiger partial charge < -0.3 is 0 Å². The van der Waals surface area contributed by atoms with E-state index in [1.165, 1.54) is 25.3 Å². The van der Waals surface area contributed by atoms with E-state index in [9.17, 15) is 17.6 Å². The van der Waals surface area contributed by atoms with Gasteiger partial charge in [-0.25, -0.2) is 8.78 Å². The first-order valence-corrected chi connectivity index (χ1v) is 12.1. The lowest BCUT2D eigenvalue weighted by Crippen LogP contribution is -2.47. The fourth-order valence-corrected chi connectivity index (χ4v) is 5.21. The summed E-state index contributed by atoms with van der Waals surface area (Å²) >= 11 is 0. The van der Waals surface area contributed by atoms with Gasteiger partial charge in [0.1, 0.15) is 11.4 Å². The van der Waals surface area contributed by atoms with E-state index in [0.29, 0.717) is 23.8 Å². The summed E-state index contributed by atoms with van der Waals surface area (Å²) in [7, 11) is 0. The maximum atomic E-state index is 15.3. The summed E-state index contributed by atoms with van der Waals surface area (Å²) in [6.07, 6.45) is 2.48. The molecule has 0 amide bonds. The predicted molar refractivity (Wildman–Crippen MR) is 122 cm³/mol. The fraction of sp³-hybridized carbons (Fsp3) is 0.630. The lowest BCUT2D eigenvalue weighted by atomic mass is 9.75. The van der Waals surface area contributed by atoms with Crippen LogP contribution in [0.3, 0.4) is 0 Å². The van der Waals surface area contributed by atoms with Crippen molar-refractivity contribution in [2.45, 2.75) is 89.8 Å². The number of ether oxygens (including phenoxy) is 1. The molecule has 0 aliphatic heterocycles. The van der Waals surface area contributed by atoms with E-state index < -0.39 is 24.0 Å². The molecular weight excluding hydrogens is 435 g/mol. The third kappa shape index (κ3) is 7.14. The molecule has 2 unspecified atom stereocenters. The van der Waals surface area contributed by atoms with Crippen molar-refractivity contribution < 1.29 is 26.7 Å². The van der Waals surface area contributed by atoms with Gasteiger partial charge in [-0.05, 0) is 42.2 Å². The summed E-state index contributed by atoms with van der Waals surface area (Å²) in [5, 5.41) is 0. The molecule has 3 rings (SSSR count). The van der Waals surface area contributed by atoms with Crippen LogP contribution in [0.4, 0.5) is 22.0 Å². The molecule has 1 saturated carbocycles. The Labute approximate surface area is 194 Å². The predicted octanol–water partition coefficient (Wildman–Crippen LogP) is 8.96. The highest BCUT2D eigenvalue weighted by molar-refractivity contribution is 5.78. The van der Waals surface area contributed by atoms with Crippen LogP contribution < -0.4 is 0 Å². The van der Waals surface area contributed by atoms with Crippen LogP contribution in [-0.2, 0) is 4.74 Å². The number of hydrogen-bond donors (Lipinski definition) is 0. The molecule has 0 bridgehead atoms. The smallest absolute Gasteiger partial charge is 0.277 e. The molecule has 0 saturated heterocycles. The normalized spacial score (nSPS) is 28.5. The molecule has 0 heterocycles. The van der Waals surface area contributed by atoms with Gasteiger partial charge in [0.05, 0.1) is 0 Å². The Morgan fingerprint density at radius 3 is 2.18 bits per heavy atom. The number of benzene rings is 1. The van der Waals surface area contributed by atoms with Gasteiger partial charge in [-0.1, -0.05) is 95.2 Å². The molecule has 1 aromatic rings. The van der Waals surface area contributed by atoms with Gasteiger partial charge >= 0.3 is 6.36 Å². The second-order valence-electron chi connectivity index (χ2n) is 10.1. The highest BCUT2D eigenvalue weighted by Crippen LogP contribution is 2.45. The first kappa shape index (κ1) is 25.9. The van der Waals surface area contributed by atoms with Crippen molar-refractivity contribution in [2.24, 2.45) is 17.8 Å². The van der Waals surface area contributed by atoms with Crippen molar-refractivity contribution in [1.29, 1.82) is 0 Å². The first-order valence-electron chi connectivity index (χ1n) is 12.1. The minimum atomic E-state index is -5.06. The van der Waals surface area contributed by atoms with Crippen LogP contribution in [0, 0.1) is 17.8 Å². The Hall–Kier alpha value is -1.69. The molecule has 0 radical (unpaired) electrons. The molecule has 1 aromatic carbocycles. The Bertz CT molecular complexity index is 806. The zero-order valence-corrected chi connectivity index (χ0v) is 19.5. The number of allylic oxidation sites excluding steroid dienone is 2. The largest absolute Gasteiger partial charge is 0.523 e. The minimum Gasteiger partial charge on any atom is -0.277 e. The Kier molecular flexibility index (Phi) is 8.76. The second kappa shape index (κ2) is 11.2. The van der Waals surface area contributed by atoms with Crippen LogP contribution in [0.25, 0.3) is 5.57 Å². The molecule has 1 fully saturated rings. The number of rotatable bonds is 9. The van der Waals surface area contributed by atoms with E-state index in [1.54, 1.807) is 30.3 Å². The van der Waals surface area contributed by atoms with Crippen LogP contribution in [-0.4, -0.2) is 18.1 Å². The van der Waals surface area contributed by atoms with Crippen molar-refractivity contribution >= 4 is 5.57 Å². The van der Waals surface area contributed by atoms with Crippen molar-refractivity contribution in [3.63, 3.8) is 0 Å². The maximum absolute atomic E-state index is 15.3. The van der Waals surface area contributed by atoms with Gasteiger partial charge in [-0.2, -0.15) is 0 Å². The molecule has 0 spiro atoms. The average Bonchev–Trinajstić information content (AvgIpc) is 2.76. The van der Waals surface area contributed by atoms with E-state index in [0.717, 1.165) is 31.8 Å². The fourth-order valence-electron chi connectivity index (χ4n) is 5.21. The quantitative estimate of drug-likeness (QED) is 0.327. The second-order valence-corrected chi connectivity index (χ2v) is 10.1. The van der Waals surface area contributed by atoms with E-state index in [2.05, 4.69) is 18.6 Å². The number of hydrogen-bond acceptors (Lipinski definition) is 1. The molecule has 0 N–H and O–H groups in total. The highest BCUT2D eigenvalue weighted by atomic mass is 19.4. The van der Waals surface area contributed by atoms with E-state index in [1.807, 2.05) is 0 Å². The van der Waals surface area contributed by atoms with Crippen LogP contribution >= 0.6 is 0 Å². The lowest BCUT2D eigenvalue weighted by molar-refractivity contribution is -0.366. The third-order valence-electron chi connectivity index (χ3n) is 7.13. The van der Waals surface area contributed by atoms with Crippen LogP contribution in [0.5, 0.6) is 0 Å². The van der Waals surface area contributed by atoms with Gasteiger partial charge in [-0.3, -0.25) is 4.74 Å². The zero-order chi connectivity index (χ0) is 24.1. The summed E-state index contributed by atoms with van der Waals surface area (Å²) in [5.41, 5.74) is -1.98. The summed E-state index contributed by atoms with van der Waals surface area (Å²) in [6.45, 7) is 4.43. The topological polar surface area (TPSA) is 9.23 Å². The van der Waals surface area contributed by atoms with Crippen LogP contribution in [0.1, 0.15) is 77.2 Å². The lowest BCUT2D eigenvalue weighted by Gasteiger charge is -2.38. The first-order chi connectivity index (χ1) is 15.6. The van der Waals surface area contributed by atoms with Crippen molar-refractivity contribution in [3.05, 3.63) is 53.9 Å². The number of alkyl halides is 4. The molecule has 6 heteroatoms.